The molecule has 1 saturated heterocycles. The number of nitrogens with zero attached hydrogens (tertiary/aromatic N) is 1. The van der Waals surface area contributed by atoms with E-state index in [0.29, 0.717) is 0 Å². The maximum atomic E-state index is 3.38. The van der Waals surface area contributed by atoms with Crippen LogP contribution >= 0.6 is 0 Å². The molecule has 1 aromatic heterocycles. The normalized spacial score (nSPS) is 16.1. The van der Waals surface area contributed by atoms with E-state index < -0.39 is 0 Å². The topological polar surface area (TPSA) is 66.1 Å². The highest BCUT2D eigenvalue weighted by molar-refractivity contribution is 5.92. The highest BCUT2D eigenvalue weighted by Crippen LogP contribution is 2.25. The summed E-state index contributed by atoms with van der Waals surface area (Å²) in [5, 5.41) is 4.71. The molecule has 1 fully saturated rings. The second kappa shape index (κ2) is 4.55. The molecular formula is C12H18N4. The van der Waals surface area contributed by atoms with Crippen LogP contribution in [0, 0.1) is 0 Å². The molecule has 0 amide bonds. The summed E-state index contributed by atoms with van der Waals surface area (Å²) >= 11 is 0. The van der Waals surface area contributed by atoms with Crippen LogP contribution in [-0.4, -0.2) is 31.2 Å². The molecule has 4 nitrogen and oxygen atoms in total. The smallest absolute Gasteiger partial charge is 0.0474 e. The third-order valence-electron chi connectivity index (χ3n) is 3.03. The first-order valence-corrected chi connectivity index (χ1v) is 5.47. The summed E-state index contributed by atoms with van der Waals surface area (Å²) in [7, 11) is 0. The van der Waals surface area contributed by atoms with Crippen LogP contribution in [0.5, 0.6) is 0 Å². The van der Waals surface area contributed by atoms with Crippen LogP contribution in [0.15, 0.2) is 30.5 Å². The van der Waals surface area contributed by atoms with E-state index in [2.05, 4.69) is 39.5 Å². The van der Waals surface area contributed by atoms with Gasteiger partial charge < -0.3 is 21.4 Å². The van der Waals surface area contributed by atoms with Crippen molar-refractivity contribution in [2.24, 2.45) is 0 Å². The number of fused-ring (bicyclic) bond motifs is 1. The van der Waals surface area contributed by atoms with E-state index in [4.69, 9.17) is 0 Å². The minimum atomic E-state index is 0. The third kappa shape index (κ3) is 1.77. The lowest BCUT2D eigenvalue weighted by molar-refractivity contribution is 0.590. The van der Waals surface area contributed by atoms with Crippen molar-refractivity contribution < 1.29 is 0 Å². The Morgan fingerprint density at radius 1 is 1.06 bits per heavy atom. The van der Waals surface area contributed by atoms with Crippen molar-refractivity contribution in [1.29, 1.82) is 0 Å². The van der Waals surface area contributed by atoms with E-state index >= 15 is 0 Å². The Hall–Kier alpha value is -1.52. The molecule has 0 bridgehead atoms. The fourth-order valence-corrected chi connectivity index (χ4v) is 2.25. The van der Waals surface area contributed by atoms with Gasteiger partial charge in [-0.15, -0.1) is 0 Å². The Balaban J connectivity index is 0.000000963. The van der Waals surface area contributed by atoms with Crippen molar-refractivity contribution in [3.8, 4) is 0 Å². The highest BCUT2D eigenvalue weighted by Gasteiger charge is 2.12. The Morgan fingerprint density at radius 2 is 1.88 bits per heavy atom. The molecule has 16 heavy (non-hydrogen) atoms. The number of piperazine rings is 1. The zero-order valence-electron chi connectivity index (χ0n) is 9.37. The van der Waals surface area contributed by atoms with E-state index in [9.17, 15) is 0 Å². The van der Waals surface area contributed by atoms with Crippen molar-refractivity contribution in [3.05, 3.63) is 30.5 Å². The lowest BCUT2D eigenvalue weighted by Gasteiger charge is -2.30. The summed E-state index contributed by atoms with van der Waals surface area (Å²) in [6, 6.07) is 8.62. The molecule has 3 rings (SSSR count). The standard InChI is InChI=1S/C12H15N3.H3N/c1-2-11-10(4-5-14-11)12(3-1)15-8-6-13-7-9-15;/h1-5,13-14H,6-9H2;1H3. The second-order valence-corrected chi connectivity index (χ2v) is 3.95. The van der Waals surface area contributed by atoms with Gasteiger partial charge in [-0.3, -0.25) is 0 Å². The van der Waals surface area contributed by atoms with Gasteiger partial charge in [0.25, 0.3) is 0 Å². The zero-order chi connectivity index (χ0) is 10.1. The molecule has 2 aromatic rings. The molecule has 2 heterocycles. The summed E-state index contributed by atoms with van der Waals surface area (Å²) in [4.78, 5) is 5.71. The highest BCUT2D eigenvalue weighted by atomic mass is 15.2. The molecule has 0 radical (unpaired) electrons. The van der Waals surface area contributed by atoms with Gasteiger partial charge in [0.2, 0.25) is 0 Å². The molecule has 86 valence electrons. The van der Waals surface area contributed by atoms with E-state index in [1.807, 2.05) is 6.20 Å². The van der Waals surface area contributed by atoms with Crippen LogP contribution in [-0.2, 0) is 0 Å². The molecule has 0 spiro atoms. The van der Waals surface area contributed by atoms with Gasteiger partial charge in [-0.2, -0.15) is 0 Å². The van der Waals surface area contributed by atoms with E-state index in [1.54, 1.807) is 0 Å². The first kappa shape index (κ1) is 11.0. The molecule has 1 aromatic carbocycles. The number of H-pyrrole nitrogens is 1. The molecule has 0 saturated carbocycles. The zero-order valence-corrected chi connectivity index (χ0v) is 9.37. The van der Waals surface area contributed by atoms with Gasteiger partial charge in [-0.05, 0) is 18.2 Å². The summed E-state index contributed by atoms with van der Waals surface area (Å²) in [6.07, 6.45) is 2.01. The van der Waals surface area contributed by atoms with Crippen LogP contribution in [0.2, 0.25) is 0 Å². The van der Waals surface area contributed by atoms with Crippen LogP contribution in [0.4, 0.5) is 5.69 Å². The molecule has 0 aliphatic carbocycles. The summed E-state index contributed by atoms with van der Waals surface area (Å²) in [6.45, 7) is 4.37. The number of nitrogens with one attached hydrogen (secondary N) is 2. The number of hydrogen-bond donors (Lipinski definition) is 3. The fourth-order valence-electron chi connectivity index (χ4n) is 2.25. The van der Waals surface area contributed by atoms with E-state index in [1.165, 1.54) is 16.6 Å². The minimum Gasteiger partial charge on any atom is -0.368 e. The maximum absolute atomic E-state index is 3.38. The maximum Gasteiger partial charge on any atom is 0.0474 e. The van der Waals surface area contributed by atoms with Crippen LogP contribution in [0.3, 0.4) is 0 Å². The molecule has 4 heteroatoms. The Bertz CT molecular complexity index is 457. The quantitative estimate of drug-likeness (QED) is 0.683. The number of rotatable bonds is 1. The fraction of sp³-hybridized carbons (Fsp3) is 0.333. The molecule has 5 N–H and O–H groups in total. The number of hydrogen-bond acceptors (Lipinski definition) is 3. The number of aromatic nitrogens is 1. The van der Waals surface area contributed by atoms with Gasteiger partial charge in [0.1, 0.15) is 0 Å². The SMILES string of the molecule is N.c1cc(N2CCNCC2)c2cc[nH]c2c1. The number of benzene rings is 1. The van der Waals surface area contributed by atoms with Crippen LogP contribution in [0.25, 0.3) is 10.9 Å². The van der Waals surface area contributed by atoms with E-state index in [0.717, 1.165) is 26.2 Å². The number of aromatic amines is 1. The van der Waals surface area contributed by atoms with Gasteiger partial charge in [0, 0.05) is 49.0 Å². The van der Waals surface area contributed by atoms with Crippen molar-refractivity contribution >= 4 is 16.6 Å². The predicted octanol–water partition coefficient (Wildman–Crippen LogP) is 1.74. The van der Waals surface area contributed by atoms with Crippen molar-refractivity contribution in [2.45, 2.75) is 0 Å². The van der Waals surface area contributed by atoms with Gasteiger partial charge in [0.15, 0.2) is 0 Å². The monoisotopic (exact) mass is 218 g/mol. The summed E-state index contributed by atoms with van der Waals surface area (Å²) in [5.74, 6) is 0. The molecule has 0 unspecified atom stereocenters. The summed E-state index contributed by atoms with van der Waals surface area (Å²) < 4.78 is 0. The van der Waals surface area contributed by atoms with Gasteiger partial charge in [0.05, 0.1) is 0 Å². The van der Waals surface area contributed by atoms with Crippen LogP contribution in [0.1, 0.15) is 0 Å². The first-order chi connectivity index (χ1) is 7.45. The molecule has 1 aliphatic rings. The molecule has 0 atom stereocenters. The lowest BCUT2D eigenvalue weighted by atomic mass is 10.2. The Kier molecular flexibility index (Phi) is 3.12. The Morgan fingerprint density at radius 3 is 2.69 bits per heavy atom. The minimum absolute atomic E-state index is 0. The van der Waals surface area contributed by atoms with Crippen molar-refractivity contribution in [3.63, 3.8) is 0 Å². The third-order valence-corrected chi connectivity index (χ3v) is 3.03. The first-order valence-electron chi connectivity index (χ1n) is 5.47. The van der Waals surface area contributed by atoms with Gasteiger partial charge in [-0.1, -0.05) is 6.07 Å². The predicted molar refractivity (Wildman–Crippen MR) is 68.4 cm³/mol. The van der Waals surface area contributed by atoms with Gasteiger partial charge >= 0.3 is 0 Å². The van der Waals surface area contributed by atoms with Crippen molar-refractivity contribution in [1.82, 2.24) is 16.5 Å². The lowest BCUT2D eigenvalue weighted by Crippen LogP contribution is -2.43. The molecular weight excluding hydrogens is 200 g/mol. The van der Waals surface area contributed by atoms with Crippen LogP contribution < -0.4 is 16.4 Å². The van der Waals surface area contributed by atoms with Crippen molar-refractivity contribution in [2.75, 3.05) is 31.1 Å². The average Bonchev–Trinajstić information content (AvgIpc) is 2.78. The second-order valence-electron chi connectivity index (χ2n) is 3.95. The van der Waals surface area contributed by atoms with Gasteiger partial charge in [-0.25, -0.2) is 0 Å². The largest absolute Gasteiger partial charge is 0.368 e. The Labute approximate surface area is 95.2 Å². The number of anilines is 1. The average molecular weight is 218 g/mol. The summed E-state index contributed by atoms with van der Waals surface area (Å²) in [5.41, 5.74) is 2.58. The van der Waals surface area contributed by atoms with E-state index in [-0.39, 0.29) is 6.15 Å². The molecule has 1 aliphatic heterocycles.